The third-order valence-electron chi connectivity index (χ3n) is 3.56. The molecule has 1 unspecified atom stereocenters. The number of nitrogens with one attached hydrogen (secondary N) is 2. The highest BCUT2D eigenvalue weighted by Crippen LogP contribution is 2.21. The smallest absolute Gasteiger partial charge is 0.253 e. The summed E-state index contributed by atoms with van der Waals surface area (Å²) >= 11 is 0. The maximum Gasteiger partial charge on any atom is 0.253 e. The molecule has 0 saturated carbocycles. The fourth-order valence-electron chi connectivity index (χ4n) is 2.46. The molecule has 1 aromatic carbocycles. The van der Waals surface area contributed by atoms with E-state index in [1.807, 2.05) is 0 Å². The highest BCUT2D eigenvalue weighted by molar-refractivity contribution is 7.92. The topological polar surface area (TPSA) is 75.3 Å². The van der Waals surface area contributed by atoms with Crippen molar-refractivity contribution in [2.45, 2.75) is 25.0 Å². The van der Waals surface area contributed by atoms with Crippen LogP contribution in [0.25, 0.3) is 0 Å². The summed E-state index contributed by atoms with van der Waals surface area (Å²) < 4.78 is 37.1. The van der Waals surface area contributed by atoms with Crippen LogP contribution < -0.4 is 10.6 Å². The first-order chi connectivity index (χ1) is 9.95. The van der Waals surface area contributed by atoms with E-state index in [0.717, 1.165) is 0 Å². The fourth-order valence-corrected chi connectivity index (χ4v) is 4.22. The van der Waals surface area contributed by atoms with Crippen LogP contribution >= 0.6 is 0 Å². The van der Waals surface area contributed by atoms with Gasteiger partial charge in [0.2, 0.25) is 0 Å². The van der Waals surface area contributed by atoms with Crippen molar-refractivity contribution in [3.05, 3.63) is 29.6 Å². The molecule has 1 fully saturated rings. The Kier molecular flexibility index (Phi) is 4.82. The summed E-state index contributed by atoms with van der Waals surface area (Å²) in [5.41, 5.74) is 0.332. The number of anilines is 1. The average Bonchev–Trinajstić information content (AvgIpc) is 2.77. The van der Waals surface area contributed by atoms with Crippen molar-refractivity contribution in [1.29, 1.82) is 0 Å². The Balaban J connectivity index is 2.09. The van der Waals surface area contributed by atoms with Crippen LogP contribution in [-0.2, 0) is 9.84 Å². The normalized spacial score (nSPS) is 20.2. The lowest BCUT2D eigenvalue weighted by molar-refractivity contribution is 0.0954. The number of hydrogen-bond donors (Lipinski definition) is 2. The number of para-hydroxylation sites is 1. The second-order valence-electron chi connectivity index (χ2n) is 5.03. The molecule has 0 radical (unpaired) electrons. The Morgan fingerprint density at radius 3 is 2.81 bits per heavy atom. The molecule has 1 heterocycles. The molecule has 0 bridgehead atoms. The van der Waals surface area contributed by atoms with Gasteiger partial charge in [0, 0.05) is 13.1 Å². The van der Waals surface area contributed by atoms with Gasteiger partial charge in [0.25, 0.3) is 5.91 Å². The molecule has 1 saturated heterocycles. The summed E-state index contributed by atoms with van der Waals surface area (Å²) in [5.74, 6) is -0.790. The van der Waals surface area contributed by atoms with Crippen LogP contribution in [0.2, 0.25) is 0 Å². The van der Waals surface area contributed by atoms with E-state index < -0.39 is 26.8 Å². The number of amides is 1. The van der Waals surface area contributed by atoms with E-state index in [0.29, 0.717) is 19.4 Å². The number of sulfone groups is 1. The Hall–Kier alpha value is -1.63. The van der Waals surface area contributed by atoms with Crippen LogP contribution in [0.3, 0.4) is 0 Å². The Morgan fingerprint density at radius 1 is 1.43 bits per heavy atom. The zero-order valence-electron chi connectivity index (χ0n) is 11.9. The largest absolute Gasteiger partial charge is 0.382 e. The number of hydrogen-bond acceptors (Lipinski definition) is 4. The standard InChI is InChI=1S/C14H19FN2O3S/c1-2-16-13-11(6-3-7-12(13)15)14(18)17-9-10-5-4-8-21(10,19)20/h3,6-7,10,16H,2,4-5,8-9H2,1H3,(H,17,18). The quantitative estimate of drug-likeness (QED) is 0.865. The van der Waals surface area contributed by atoms with Gasteiger partial charge < -0.3 is 10.6 Å². The van der Waals surface area contributed by atoms with Crippen molar-refractivity contribution >= 4 is 21.4 Å². The van der Waals surface area contributed by atoms with Gasteiger partial charge in [0.15, 0.2) is 9.84 Å². The molecule has 1 aliphatic rings. The third-order valence-corrected chi connectivity index (χ3v) is 5.84. The molecule has 2 N–H and O–H groups in total. The van der Waals surface area contributed by atoms with Crippen molar-refractivity contribution in [2.24, 2.45) is 0 Å². The molecule has 116 valence electrons. The highest BCUT2D eigenvalue weighted by atomic mass is 32.2. The van der Waals surface area contributed by atoms with E-state index in [1.165, 1.54) is 18.2 Å². The summed E-state index contributed by atoms with van der Waals surface area (Å²) in [7, 11) is -3.10. The van der Waals surface area contributed by atoms with Gasteiger partial charge in [0.05, 0.1) is 22.3 Å². The van der Waals surface area contributed by atoms with Crippen LogP contribution in [0.1, 0.15) is 30.1 Å². The minimum atomic E-state index is -3.10. The number of carbonyl (C=O) groups excluding carboxylic acids is 1. The molecule has 0 aromatic heterocycles. The lowest BCUT2D eigenvalue weighted by atomic mass is 10.1. The second kappa shape index (κ2) is 6.43. The molecule has 1 amide bonds. The van der Waals surface area contributed by atoms with Crippen molar-refractivity contribution in [2.75, 3.05) is 24.2 Å². The minimum Gasteiger partial charge on any atom is -0.382 e. The molecule has 7 heteroatoms. The first kappa shape index (κ1) is 15.8. The van der Waals surface area contributed by atoms with Gasteiger partial charge in [-0.25, -0.2) is 12.8 Å². The molecular formula is C14H19FN2O3S. The average molecular weight is 314 g/mol. The number of carbonyl (C=O) groups is 1. The molecular weight excluding hydrogens is 295 g/mol. The van der Waals surface area contributed by atoms with E-state index in [9.17, 15) is 17.6 Å². The minimum absolute atomic E-state index is 0.0727. The lowest BCUT2D eigenvalue weighted by Gasteiger charge is -2.14. The van der Waals surface area contributed by atoms with E-state index in [2.05, 4.69) is 10.6 Å². The van der Waals surface area contributed by atoms with Crippen LogP contribution in [-0.4, -0.2) is 38.4 Å². The molecule has 1 atom stereocenters. The van der Waals surface area contributed by atoms with Crippen LogP contribution in [0.4, 0.5) is 10.1 Å². The van der Waals surface area contributed by atoms with Crippen molar-refractivity contribution in [3.8, 4) is 0 Å². The fraction of sp³-hybridized carbons (Fsp3) is 0.500. The number of benzene rings is 1. The van der Waals surface area contributed by atoms with Crippen LogP contribution in [0.15, 0.2) is 18.2 Å². The summed E-state index contributed by atoms with van der Waals surface area (Å²) in [6, 6.07) is 4.24. The SMILES string of the molecule is CCNc1c(F)cccc1C(=O)NCC1CCCS1(=O)=O. The molecule has 21 heavy (non-hydrogen) atoms. The summed E-state index contributed by atoms with van der Waals surface area (Å²) in [6.07, 6.45) is 1.19. The highest BCUT2D eigenvalue weighted by Gasteiger charge is 2.31. The first-order valence-corrected chi connectivity index (χ1v) is 8.69. The van der Waals surface area contributed by atoms with Gasteiger partial charge in [-0.05, 0) is 31.9 Å². The van der Waals surface area contributed by atoms with Gasteiger partial charge in [-0.15, -0.1) is 0 Å². The first-order valence-electron chi connectivity index (χ1n) is 6.98. The van der Waals surface area contributed by atoms with Gasteiger partial charge in [0.1, 0.15) is 5.82 Å². The van der Waals surface area contributed by atoms with E-state index in [4.69, 9.17) is 0 Å². The predicted octanol–water partition coefficient (Wildman–Crippen LogP) is 1.56. The zero-order valence-corrected chi connectivity index (χ0v) is 12.7. The Morgan fingerprint density at radius 2 is 2.19 bits per heavy atom. The van der Waals surface area contributed by atoms with Crippen LogP contribution in [0.5, 0.6) is 0 Å². The van der Waals surface area contributed by atoms with E-state index in [1.54, 1.807) is 6.92 Å². The Labute approximate surface area is 123 Å². The van der Waals surface area contributed by atoms with Gasteiger partial charge in [-0.1, -0.05) is 6.07 Å². The molecule has 2 rings (SSSR count). The van der Waals surface area contributed by atoms with Crippen LogP contribution in [0, 0.1) is 5.82 Å². The van der Waals surface area contributed by atoms with Gasteiger partial charge in [-0.3, -0.25) is 4.79 Å². The predicted molar refractivity (Wildman–Crippen MR) is 79.7 cm³/mol. The van der Waals surface area contributed by atoms with E-state index in [-0.39, 0.29) is 23.5 Å². The molecule has 5 nitrogen and oxygen atoms in total. The molecule has 1 aliphatic heterocycles. The molecule has 0 spiro atoms. The van der Waals surface area contributed by atoms with Crippen molar-refractivity contribution in [1.82, 2.24) is 5.32 Å². The summed E-state index contributed by atoms with van der Waals surface area (Å²) in [5, 5.41) is 4.88. The Bertz CT molecular complexity index is 631. The van der Waals surface area contributed by atoms with E-state index >= 15 is 0 Å². The van der Waals surface area contributed by atoms with Crippen molar-refractivity contribution in [3.63, 3.8) is 0 Å². The van der Waals surface area contributed by atoms with Gasteiger partial charge >= 0.3 is 0 Å². The number of rotatable bonds is 5. The maximum absolute atomic E-state index is 13.7. The zero-order chi connectivity index (χ0) is 15.5. The lowest BCUT2D eigenvalue weighted by Crippen LogP contribution is -2.35. The summed E-state index contributed by atoms with van der Waals surface area (Å²) in [4.78, 5) is 12.1. The second-order valence-corrected chi connectivity index (χ2v) is 7.43. The van der Waals surface area contributed by atoms with Gasteiger partial charge in [-0.2, -0.15) is 0 Å². The summed E-state index contributed by atoms with van der Waals surface area (Å²) in [6.45, 7) is 2.36. The number of halogens is 1. The maximum atomic E-state index is 13.7. The van der Waals surface area contributed by atoms with Crippen molar-refractivity contribution < 1.29 is 17.6 Å². The molecule has 0 aliphatic carbocycles. The third kappa shape index (κ3) is 3.53. The molecule has 1 aromatic rings. The monoisotopic (exact) mass is 314 g/mol.